The van der Waals surface area contributed by atoms with Crippen LogP contribution in [0.4, 0.5) is 0 Å². The van der Waals surface area contributed by atoms with Crippen molar-refractivity contribution < 1.29 is 14.7 Å². The molecule has 1 aromatic rings. The van der Waals surface area contributed by atoms with E-state index >= 15 is 0 Å². The molecular formula is C12H17NO3. The molecule has 0 heterocycles. The first-order valence-corrected chi connectivity index (χ1v) is 5.54. The van der Waals surface area contributed by atoms with E-state index in [0.717, 1.165) is 29.9 Å². The Kier molecular flexibility index (Phi) is 3.64. The molecule has 1 aliphatic carbocycles. The Morgan fingerprint density at radius 1 is 1.38 bits per heavy atom. The van der Waals surface area contributed by atoms with Crippen LogP contribution in [0, 0.1) is 0 Å². The number of nitrogens with one attached hydrogen (secondary N) is 1. The summed E-state index contributed by atoms with van der Waals surface area (Å²) >= 11 is 0. The van der Waals surface area contributed by atoms with E-state index in [4.69, 9.17) is 14.7 Å². The van der Waals surface area contributed by atoms with E-state index in [1.807, 2.05) is 18.2 Å². The molecule has 4 nitrogen and oxygen atoms in total. The Hall–Kier alpha value is -1.26. The molecule has 1 aromatic carbocycles. The molecule has 88 valence electrons. The van der Waals surface area contributed by atoms with E-state index < -0.39 is 0 Å². The standard InChI is InChI=1S/C12H17NO3/c1-15-12-7-9(8-13-14)5-6-11(12)16-10-3-2-4-10/h5-7,10,13-14H,2-4,8H2,1H3. The van der Waals surface area contributed by atoms with Crippen molar-refractivity contribution in [2.24, 2.45) is 0 Å². The average molecular weight is 223 g/mol. The molecular weight excluding hydrogens is 206 g/mol. The molecule has 1 aliphatic rings. The summed E-state index contributed by atoms with van der Waals surface area (Å²) in [6.07, 6.45) is 3.85. The summed E-state index contributed by atoms with van der Waals surface area (Å²) in [6, 6.07) is 5.68. The van der Waals surface area contributed by atoms with Crippen LogP contribution in [0.5, 0.6) is 11.5 Å². The van der Waals surface area contributed by atoms with E-state index in [9.17, 15) is 0 Å². The second kappa shape index (κ2) is 5.18. The quantitative estimate of drug-likeness (QED) is 0.751. The number of hydroxylamine groups is 1. The summed E-state index contributed by atoms with van der Waals surface area (Å²) in [6.45, 7) is 0.403. The van der Waals surface area contributed by atoms with E-state index in [0.29, 0.717) is 12.6 Å². The first kappa shape index (κ1) is 11.2. The highest BCUT2D eigenvalue weighted by molar-refractivity contribution is 5.43. The Morgan fingerprint density at radius 2 is 2.19 bits per heavy atom. The highest BCUT2D eigenvalue weighted by atomic mass is 16.5. The molecule has 0 aliphatic heterocycles. The molecule has 0 amide bonds. The van der Waals surface area contributed by atoms with Crippen molar-refractivity contribution in [3.05, 3.63) is 23.8 Å². The number of hydrogen-bond donors (Lipinski definition) is 2. The third-order valence-electron chi connectivity index (χ3n) is 2.86. The van der Waals surface area contributed by atoms with Crippen molar-refractivity contribution in [2.75, 3.05) is 7.11 Å². The molecule has 0 radical (unpaired) electrons. The predicted octanol–water partition coefficient (Wildman–Crippen LogP) is 2.11. The molecule has 1 saturated carbocycles. The zero-order chi connectivity index (χ0) is 11.4. The Balaban J connectivity index is 2.10. The second-order valence-corrected chi connectivity index (χ2v) is 3.99. The van der Waals surface area contributed by atoms with Crippen LogP contribution in [0.15, 0.2) is 18.2 Å². The molecule has 16 heavy (non-hydrogen) atoms. The molecule has 0 unspecified atom stereocenters. The van der Waals surface area contributed by atoms with Gasteiger partial charge in [-0.05, 0) is 37.0 Å². The summed E-state index contributed by atoms with van der Waals surface area (Å²) in [7, 11) is 1.62. The minimum absolute atomic E-state index is 0.343. The maximum atomic E-state index is 8.62. The van der Waals surface area contributed by atoms with E-state index in [1.165, 1.54) is 6.42 Å². The van der Waals surface area contributed by atoms with Gasteiger partial charge in [-0.15, -0.1) is 0 Å². The fraction of sp³-hybridized carbons (Fsp3) is 0.500. The van der Waals surface area contributed by atoms with Crippen molar-refractivity contribution in [3.8, 4) is 11.5 Å². The van der Waals surface area contributed by atoms with Crippen LogP contribution < -0.4 is 15.0 Å². The fourth-order valence-electron chi connectivity index (χ4n) is 1.68. The topological polar surface area (TPSA) is 50.7 Å². The van der Waals surface area contributed by atoms with Crippen LogP contribution in [0.3, 0.4) is 0 Å². The third kappa shape index (κ3) is 2.46. The van der Waals surface area contributed by atoms with Crippen LogP contribution in [-0.4, -0.2) is 18.4 Å². The van der Waals surface area contributed by atoms with Crippen molar-refractivity contribution >= 4 is 0 Å². The van der Waals surface area contributed by atoms with Gasteiger partial charge in [0.2, 0.25) is 0 Å². The SMILES string of the molecule is COc1cc(CNO)ccc1OC1CCC1. The lowest BCUT2D eigenvalue weighted by atomic mass is 9.96. The normalized spacial score (nSPS) is 15.6. The van der Waals surface area contributed by atoms with Gasteiger partial charge in [0.25, 0.3) is 0 Å². The van der Waals surface area contributed by atoms with Gasteiger partial charge in [-0.25, -0.2) is 5.48 Å². The lowest BCUT2D eigenvalue weighted by molar-refractivity contribution is 0.116. The maximum absolute atomic E-state index is 8.62. The van der Waals surface area contributed by atoms with Gasteiger partial charge in [-0.1, -0.05) is 6.07 Å². The Morgan fingerprint density at radius 3 is 2.75 bits per heavy atom. The molecule has 0 atom stereocenters. The van der Waals surface area contributed by atoms with Gasteiger partial charge in [0.15, 0.2) is 11.5 Å². The maximum Gasteiger partial charge on any atom is 0.161 e. The van der Waals surface area contributed by atoms with Crippen LogP contribution in [-0.2, 0) is 6.54 Å². The molecule has 0 saturated heterocycles. The van der Waals surface area contributed by atoms with Crippen LogP contribution in [0.2, 0.25) is 0 Å². The zero-order valence-corrected chi connectivity index (χ0v) is 9.40. The van der Waals surface area contributed by atoms with Crippen molar-refractivity contribution in [3.63, 3.8) is 0 Å². The van der Waals surface area contributed by atoms with Gasteiger partial charge in [-0.3, -0.25) is 0 Å². The van der Waals surface area contributed by atoms with Gasteiger partial charge in [0.1, 0.15) is 0 Å². The number of rotatable bonds is 5. The summed E-state index contributed by atoms with van der Waals surface area (Å²) in [5.74, 6) is 1.51. The molecule has 1 fully saturated rings. The largest absolute Gasteiger partial charge is 0.493 e. The number of hydrogen-bond acceptors (Lipinski definition) is 4. The number of ether oxygens (including phenoxy) is 2. The summed E-state index contributed by atoms with van der Waals surface area (Å²) in [5.41, 5.74) is 3.08. The lowest BCUT2D eigenvalue weighted by Gasteiger charge is -2.27. The van der Waals surface area contributed by atoms with Crippen molar-refractivity contribution in [1.29, 1.82) is 0 Å². The van der Waals surface area contributed by atoms with Gasteiger partial charge >= 0.3 is 0 Å². The monoisotopic (exact) mass is 223 g/mol. The zero-order valence-electron chi connectivity index (χ0n) is 9.40. The van der Waals surface area contributed by atoms with Gasteiger partial charge < -0.3 is 14.7 Å². The fourth-order valence-corrected chi connectivity index (χ4v) is 1.68. The average Bonchev–Trinajstić information content (AvgIpc) is 2.25. The first-order chi connectivity index (χ1) is 7.83. The minimum Gasteiger partial charge on any atom is -0.493 e. The van der Waals surface area contributed by atoms with E-state index in [-0.39, 0.29) is 0 Å². The molecule has 0 aromatic heterocycles. The summed E-state index contributed by atoms with van der Waals surface area (Å²) in [4.78, 5) is 0. The van der Waals surface area contributed by atoms with Gasteiger partial charge in [-0.2, -0.15) is 0 Å². The lowest BCUT2D eigenvalue weighted by Crippen LogP contribution is -2.24. The highest BCUT2D eigenvalue weighted by Crippen LogP contribution is 2.32. The molecule has 2 rings (SSSR count). The number of benzene rings is 1. The van der Waals surface area contributed by atoms with E-state index in [1.54, 1.807) is 7.11 Å². The number of methoxy groups -OCH3 is 1. The first-order valence-electron chi connectivity index (χ1n) is 5.54. The Labute approximate surface area is 95.1 Å². The summed E-state index contributed by atoms with van der Waals surface area (Å²) in [5, 5.41) is 8.62. The van der Waals surface area contributed by atoms with Crippen molar-refractivity contribution in [1.82, 2.24) is 5.48 Å². The second-order valence-electron chi connectivity index (χ2n) is 3.99. The van der Waals surface area contributed by atoms with Crippen molar-refractivity contribution in [2.45, 2.75) is 31.9 Å². The predicted molar refractivity (Wildman–Crippen MR) is 59.9 cm³/mol. The molecule has 0 bridgehead atoms. The van der Waals surface area contributed by atoms with Gasteiger partial charge in [0, 0.05) is 6.54 Å². The third-order valence-corrected chi connectivity index (χ3v) is 2.86. The summed E-state index contributed by atoms with van der Waals surface area (Å²) < 4.78 is 11.1. The molecule has 4 heteroatoms. The minimum atomic E-state index is 0.343. The van der Waals surface area contributed by atoms with E-state index in [2.05, 4.69) is 5.48 Å². The Bertz CT molecular complexity index is 350. The highest BCUT2D eigenvalue weighted by Gasteiger charge is 2.20. The van der Waals surface area contributed by atoms with Crippen LogP contribution >= 0.6 is 0 Å². The van der Waals surface area contributed by atoms with Crippen LogP contribution in [0.1, 0.15) is 24.8 Å². The molecule has 2 N–H and O–H groups in total. The van der Waals surface area contributed by atoms with Crippen LogP contribution in [0.25, 0.3) is 0 Å². The smallest absolute Gasteiger partial charge is 0.161 e. The van der Waals surface area contributed by atoms with Gasteiger partial charge in [0.05, 0.1) is 13.2 Å². The molecule has 0 spiro atoms.